The molecule has 2 aromatic heterocycles. The Morgan fingerprint density at radius 3 is 2.41 bits per heavy atom. The third-order valence-electron chi connectivity index (χ3n) is 5.17. The van der Waals surface area contributed by atoms with Gasteiger partial charge < -0.3 is 10.2 Å². The summed E-state index contributed by atoms with van der Waals surface area (Å²) in [6, 6.07) is 8.53. The normalized spacial score (nSPS) is 14.9. The molecule has 29 heavy (non-hydrogen) atoms. The van der Waals surface area contributed by atoms with Crippen LogP contribution in [0.2, 0.25) is 0 Å². The summed E-state index contributed by atoms with van der Waals surface area (Å²) in [5.74, 6) is 0. The van der Waals surface area contributed by atoms with Crippen molar-refractivity contribution in [2.45, 2.75) is 20.0 Å². The van der Waals surface area contributed by atoms with Crippen LogP contribution in [0.15, 0.2) is 49.1 Å². The summed E-state index contributed by atoms with van der Waals surface area (Å²) < 4.78 is 3.78. The Morgan fingerprint density at radius 2 is 1.72 bits per heavy atom. The second kappa shape index (κ2) is 8.75. The number of aromatic nitrogens is 4. The Kier molecular flexibility index (Phi) is 5.92. The Balaban J connectivity index is 1.25. The molecular formula is C21H27N7S. The van der Waals surface area contributed by atoms with Crippen molar-refractivity contribution in [2.75, 3.05) is 31.5 Å². The van der Waals surface area contributed by atoms with Crippen molar-refractivity contribution < 1.29 is 0 Å². The maximum Gasteiger partial charge on any atom is 0.173 e. The van der Waals surface area contributed by atoms with E-state index in [1.54, 1.807) is 0 Å². The lowest BCUT2D eigenvalue weighted by molar-refractivity contribution is 0.177. The van der Waals surface area contributed by atoms with E-state index in [4.69, 9.17) is 12.2 Å². The lowest BCUT2D eigenvalue weighted by Gasteiger charge is -2.35. The molecule has 1 saturated heterocycles. The highest BCUT2D eigenvalue weighted by atomic mass is 32.1. The largest absolute Gasteiger partial charge is 0.346 e. The Hall–Kier alpha value is -2.71. The second-order valence-corrected chi connectivity index (χ2v) is 8.01. The number of benzene rings is 1. The van der Waals surface area contributed by atoms with E-state index in [0.29, 0.717) is 0 Å². The van der Waals surface area contributed by atoms with Crippen LogP contribution >= 0.6 is 12.2 Å². The Bertz CT molecular complexity index is 952. The highest BCUT2D eigenvalue weighted by molar-refractivity contribution is 7.80. The summed E-state index contributed by atoms with van der Waals surface area (Å²) in [4.78, 5) is 4.67. The molecule has 0 atom stereocenters. The van der Waals surface area contributed by atoms with Crippen molar-refractivity contribution in [3.8, 4) is 0 Å². The molecule has 1 aromatic carbocycles. The van der Waals surface area contributed by atoms with Crippen LogP contribution < -0.4 is 5.32 Å². The van der Waals surface area contributed by atoms with Gasteiger partial charge in [-0.1, -0.05) is 29.8 Å². The lowest BCUT2D eigenvalue weighted by atomic mass is 10.1. The van der Waals surface area contributed by atoms with Gasteiger partial charge in [-0.2, -0.15) is 10.2 Å². The van der Waals surface area contributed by atoms with Gasteiger partial charge in [0.1, 0.15) is 0 Å². The quantitative estimate of drug-likeness (QED) is 0.654. The molecule has 1 fully saturated rings. The maximum absolute atomic E-state index is 5.63. The zero-order valence-corrected chi connectivity index (χ0v) is 17.8. The van der Waals surface area contributed by atoms with Crippen molar-refractivity contribution in [1.29, 1.82) is 0 Å². The zero-order chi connectivity index (χ0) is 20.2. The van der Waals surface area contributed by atoms with Crippen LogP contribution in [0.1, 0.15) is 16.7 Å². The zero-order valence-electron chi connectivity index (χ0n) is 17.0. The van der Waals surface area contributed by atoms with Crippen molar-refractivity contribution in [1.82, 2.24) is 29.4 Å². The summed E-state index contributed by atoms with van der Waals surface area (Å²) in [6.07, 6.45) is 7.85. The summed E-state index contributed by atoms with van der Waals surface area (Å²) in [5, 5.41) is 12.8. The average Bonchev–Trinajstić information content (AvgIpc) is 3.33. The molecule has 4 rings (SSSR count). The first kappa shape index (κ1) is 19.6. The van der Waals surface area contributed by atoms with Gasteiger partial charge >= 0.3 is 0 Å². The van der Waals surface area contributed by atoms with E-state index in [1.807, 2.05) is 35.0 Å². The number of nitrogens with zero attached hydrogens (tertiary/aromatic N) is 6. The molecule has 152 valence electrons. The van der Waals surface area contributed by atoms with E-state index in [2.05, 4.69) is 62.7 Å². The fourth-order valence-electron chi connectivity index (χ4n) is 3.52. The molecule has 1 aliphatic rings. The van der Waals surface area contributed by atoms with E-state index in [1.165, 1.54) is 16.7 Å². The third kappa shape index (κ3) is 5.21. The van der Waals surface area contributed by atoms with Crippen LogP contribution in [-0.4, -0.2) is 60.7 Å². The Labute approximate surface area is 176 Å². The number of thiocarbonyl (C=S) groups is 1. The lowest BCUT2D eigenvalue weighted by Crippen LogP contribution is -2.49. The second-order valence-electron chi connectivity index (χ2n) is 7.63. The number of piperazine rings is 1. The SMILES string of the molecule is Cc1ccc(Cn2cc(NC(=S)N3CCN(Cc4cnn(C)c4)CC3)cn2)cc1. The molecule has 0 spiro atoms. The maximum atomic E-state index is 5.63. The molecule has 3 aromatic rings. The molecule has 0 unspecified atom stereocenters. The summed E-state index contributed by atoms with van der Waals surface area (Å²) in [6.45, 7) is 7.61. The van der Waals surface area contributed by atoms with Crippen LogP contribution in [0.4, 0.5) is 5.69 Å². The topological polar surface area (TPSA) is 54.2 Å². The molecule has 0 radical (unpaired) electrons. The minimum atomic E-state index is 0.752. The van der Waals surface area contributed by atoms with Gasteiger partial charge in [-0.25, -0.2) is 0 Å². The molecule has 8 heteroatoms. The highest BCUT2D eigenvalue weighted by Crippen LogP contribution is 2.12. The minimum Gasteiger partial charge on any atom is -0.346 e. The third-order valence-corrected chi connectivity index (χ3v) is 5.53. The van der Waals surface area contributed by atoms with Gasteiger partial charge in [0.25, 0.3) is 0 Å². The standard InChI is InChI=1S/C21H27N7S/c1-17-3-5-18(6-4-17)15-28-16-20(12-23-28)24-21(29)27-9-7-26(8-10-27)14-19-11-22-25(2)13-19/h3-6,11-13,16H,7-10,14-15H2,1-2H3,(H,24,29). The van der Waals surface area contributed by atoms with Crippen molar-refractivity contribution in [2.24, 2.45) is 7.05 Å². The van der Waals surface area contributed by atoms with Crippen LogP contribution in [-0.2, 0) is 20.1 Å². The predicted molar refractivity (Wildman–Crippen MR) is 119 cm³/mol. The van der Waals surface area contributed by atoms with Crippen molar-refractivity contribution >= 4 is 23.0 Å². The van der Waals surface area contributed by atoms with E-state index in [-0.39, 0.29) is 0 Å². The van der Waals surface area contributed by atoms with Crippen LogP contribution in [0.25, 0.3) is 0 Å². The van der Waals surface area contributed by atoms with E-state index >= 15 is 0 Å². The van der Waals surface area contributed by atoms with Crippen molar-refractivity contribution in [3.63, 3.8) is 0 Å². The summed E-state index contributed by atoms with van der Waals surface area (Å²) >= 11 is 5.63. The molecule has 7 nitrogen and oxygen atoms in total. The van der Waals surface area contributed by atoms with Gasteiger partial charge in [-0.05, 0) is 24.7 Å². The molecular weight excluding hydrogens is 382 g/mol. The van der Waals surface area contributed by atoms with Crippen molar-refractivity contribution in [3.05, 3.63) is 65.7 Å². The molecule has 1 N–H and O–H groups in total. The molecule has 1 aliphatic heterocycles. The van der Waals surface area contributed by atoms with Gasteiger partial charge in [0.05, 0.1) is 24.6 Å². The van der Waals surface area contributed by atoms with Gasteiger partial charge in [0.2, 0.25) is 0 Å². The molecule has 0 amide bonds. The first-order valence-corrected chi connectivity index (χ1v) is 10.3. The van der Waals surface area contributed by atoms with Crippen LogP contribution in [0, 0.1) is 6.92 Å². The van der Waals surface area contributed by atoms with Gasteiger partial charge in [0.15, 0.2) is 5.11 Å². The van der Waals surface area contributed by atoms with E-state index in [9.17, 15) is 0 Å². The van der Waals surface area contributed by atoms with E-state index < -0.39 is 0 Å². The smallest absolute Gasteiger partial charge is 0.173 e. The highest BCUT2D eigenvalue weighted by Gasteiger charge is 2.19. The fraction of sp³-hybridized carbons (Fsp3) is 0.381. The van der Waals surface area contributed by atoms with Gasteiger partial charge in [0, 0.05) is 57.7 Å². The number of nitrogens with one attached hydrogen (secondary N) is 1. The molecule has 3 heterocycles. The summed E-state index contributed by atoms with van der Waals surface area (Å²) in [5.41, 5.74) is 4.68. The molecule has 0 saturated carbocycles. The number of aryl methyl sites for hydroxylation is 2. The first-order valence-electron chi connectivity index (χ1n) is 9.89. The van der Waals surface area contributed by atoms with Crippen LogP contribution in [0.5, 0.6) is 0 Å². The number of anilines is 1. The number of rotatable bonds is 5. The van der Waals surface area contributed by atoms with Gasteiger partial charge in [-0.15, -0.1) is 0 Å². The van der Waals surface area contributed by atoms with E-state index in [0.717, 1.165) is 50.1 Å². The average molecular weight is 410 g/mol. The fourth-order valence-corrected chi connectivity index (χ4v) is 3.82. The monoisotopic (exact) mass is 409 g/mol. The number of hydrogen-bond donors (Lipinski definition) is 1. The molecule has 0 bridgehead atoms. The predicted octanol–water partition coefficient (Wildman–Crippen LogP) is 2.49. The van der Waals surface area contributed by atoms with Crippen LogP contribution in [0.3, 0.4) is 0 Å². The number of hydrogen-bond acceptors (Lipinski definition) is 4. The van der Waals surface area contributed by atoms with Gasteiger partial charge in [-0.3, -0.25) is 14.3 Å². The molecule has 0 aliphatic carbocycles. The first-order chi connectivity index (χ1) is 14.0. The summed E-state index contributed by atoms with van der Waals surface area (Å²) in [7, 11) is 1.95. The minimum absolute atomic E-state index is 0.752. The Morgan fingerprint density at radius 1 is 0.966 bits per heavy atom.